The van der Waals surface area contributed by atoms with E-state index in [-0.39, 0.29) is 17.3 Å². The van der Waals surface area contributed by atoms with Crippen molar-refractivity contribution in [1.82, 2.24) is 19.1 Å². The van der Waals surface area contributed by atoms with Crippen LogP contribution in [0.3, 0.4) is 0 Å². The van der Waals surface area contributed by atoms with Gasteiger partial charge in [0.2, 0.25) is 5.95 Å². The zero-order valence-electron chi connectivity index (χ0n) is 14.9. The molecule has 26 heavy (non-hydrogen) atoms. The SMILES string of the molecule is Cn1c(N2CC[C@H](Nc3ncc4c(n3)CCOC4)C2)cc(=O)n(C)c1=O. The number of rotatable bonds is 3. The van der Waals surface area contributed by atoms with Crippen LogP contribution < -0.4 is 21.5 Å². The van der Waals surface area contributed by atoms with Crippen molar-refractivity contribution in [1.29, 1.82) is 0 Å². The lowest BCUT2D eigenvalue weighted by atomic mass is 10.1. The maximum absolute atomic E-state index is 12.1. The fourth-order valence-corrected chi connectivity index (χ4v) is 3.49. The molecule has 0 unspecified atom stereocenters. The monoisotopic (exact) mass is 358 g/mol. The van der Waals surface area contributed by atoms with Crippen LogP contribution in [0, 0.1) is 0 Å². The molecule has 138 valence electrons. The summed E-state index contributed by atoms with van der Waals surface area (Å²) >= 11 is 0. The molecule has 2 aliphatic rings. The number of fused-ring (bicyclic) bond motifs is 1. The minimum atomic E-state index is -0.316. The topological polar surface area (TPSA) is 94.3 Å². The van der Waals surface area contributed by atoms with Crippen LogP contribution in [0.4, 0.5) is 11.8 Å². The third kappa shape index (κ3) is 2.98. The van der Waals surface area contributed by atoms with Crippen LogP contribution in [0.15, 0.2) is 21.9 Å². The lowest BCUT2D eigenvalue weighted by molar-refractivity contribution is 0.109. The van der Waals surface area contributed by atoms with Gasteiger partial charge in [0, 0.05) is 57.5 Å². The standard InChI is InChI=1S/C17H22N6O3/c1-21-14(7-15(24)22(2)17(21)25)23-5-3-12(9-23)19-16-18-8-11-10-26-6-4-13(11)20-16/h7-8,12H,3-6,9-10H2,1-2H3,(H,18,19,20)/t12-/m0/s1. The molecule has 0 radical (unpaired) electrons. The Labute approximate surface area is 150 Å². The Balaban J connectivity index is 1.49. The van der Waals surface area contributed by atoms with E-state index in [1.807, 2.05) is 11.1 Å². The highest BCUT2D eigenvalue weighted by Crippen LogP contribution is 2.20. The lowest BCUT2D eigenvalue weighted by Crippen LogP contribution is -2.40. The van der Waals surface area contributed by atoms with E-state index in [2.05, 4.69) is 15.3 Å². The van der Waals surface area contributed by atoms with E-state index in [9.17, 15) is 9.59 Å². The Morgan fingerprint density at radius 1 is 1.27 bits per heavy atom. The molecule has 2 aromatic rings. The van der Waals surface area contributed by atoms with E-state index in [1.165, 1.54) is 17.7 Å². The van der Waals surface area contributed by atoms with Gasteiger partial charge in [0.1, 0.15) is 5.82 Å². The average Bonchev–Trinajstić information content (AvgIpc) is 3.11. The van der Waals surface area contributed by atoms with Gasteiger partial charge < -0.3 is 15.0 Å². The summed E-state index contributed by atoms with van der Waals surface area (Å²) in [5.74, 6) is 1.27. The minimum absolute atomic E-state index is 0.159. The number of nitrogens with one attached hydrogen (secondary N) is 1. The molecule has 2 aromatic heterocycles. The normalized spacial score (nSPS) is 19.5. The summed E-state index contributed by atoms with van der Waals surface area (Å²) in [4.78, 5) is 35.1. The van der Waals surface area contributed by atoms with Crippen molar-refractivity contribution >= 4 is 11.8 Å². The van der Waals surface area contributed by atoms with E-state index in [4.69, 9.17) is 4.74 Å². The van der Waals surface area contributed by atoms with Crippen LogP contribution in [-0.4, -0.2) is 44.8 Å². The molecule has 1 atom stereocenters. The first-order valence-electron chi connectivity index (χ1n) is 8.74. The molecule has 1 fully saturated rings. The summed E-state index contributed by atoms with van der Waals surface area (Å²) < 4.78 is 8.03. The van der Waals surface area contributed by atoms with Gasteiger partial charge in [-0.3, -0.25) is 13.9 Å². The number of anilines is 2. The highest BCUT2D eigenvalue weighted by Gasteiger charge is 2.26. The van der Waals surface area contributed by atoms with Crippen LogP contribution >= 0.6 is 0 Å². The first-order chi connectivity index (χ1) is 12.5. The van der Waals surface area contributed by atoms with Gasteiger partial charge in [0.05, 0.1) is 18.9 Å². The largest absolute Gasteiger partial charge is 0.376 e. The zero-order valence-corrected chi connectivity index (χ0v) is 14.9. The molecule has 2 aliphatic heterocycles. The fraction of sp³-hybridized carbons (Fsp3) is 0.529. The van der Waals surface area contributed by atoms with Gasteiger partial charge in [0.25, 0.3) is 5.56 Å². The highest BCUT2D eigenvalue weighted by atomic mass is 16.5. The number of hydrogen-bond donors (Lipinski definition) is 1. The summed E-state index contributed by atoms with van der Waals surface area (Å²) in [5, 5.41) is 3.38. The maximum Gasteiger partial charge on any atom is 0.332 e. The summed E-state index contributed by atoms with van der Waals surface area (Å²) in [6.07, 6.45) is 3.51. The molecule has 1 saturated heterocycles. The maximum atomic E-state index is 12.1. The van der Waals surface area contributed by atoms with Crippen molar-refractivity contribution < 1.29 is 4.74 Å². The molecule has 0 aromatic carbocycles. The van der Waals surface area contributed by atoms with Crippen molar-refractivity contribution in [2.24, 2.45) is 14.1 Å². The molecule has 9 nitrogen and oxygen atoms in total. The van der Waals surface area contributed by atoms with Crippen LogP contribution in [0.5, 0.6) is 0 Å². The van der Waals surface area contributed by atoms with Gasteiger partial charge in [-0.05, 0) is 6.42 Å². The van der Waals surface area contributed by atoms with Gasteiger partial charge in [-0.1, -0.05) is 0 Å². The van der Waals surface area contributed by atoms with Crippen LogP contribution in [-0.2, 0) is 31.9 Å². The van der Waals surface area contributed by atoms with Crippen molar-refractivity contribution in [3.63, 3.8) is 0 Å². The molecule has 4 heterocycles. The molecule has 0 aliphatic carbocycles. The quantitative estimate of drug-likeness (QED) is 0.800. The predicted molar refractivity (Wildman–Crippen MR) is 96.6 cm³/mol. The minimum Gasteiger partial charge on any atom is -0.376 e. The zero-order chi connectivity index (χ0) is 18.3. The average molecular weight is 358 g/mol. The lowest BCUT2D eigenvalue weighted by Gasteiger charge is -2.22. The van der Waals surface area contributed by atoms with Crippen LogP contribution in [0.25, 0.3) is 0 Å². The summed E-state index contributed by atoms with van der Waals surface area (Å²) in [7, 11) is 3.17. The van der Waals surface area contributed by atoms with E-state index < -0.39 is 0 Å². The molecule has 0 saturated carbocycles. The summed E-state index contributed by atoms with van der Waals surface area (Å²) in [6.45, 7) is 2.71. The van der Waals surface area contributed by atoms with Gasteiger partial charge in [0.15, 0.2) is 0 Å². The van der Waals surface area contributed by atoms with Gasteiger partial charge in [-0.25, -0.2) is 14.8 Å². The van der Waals surface area contributed by atoms with E-state index in [0.717, 1.165) is 35.2 Å². The molecule has 0 bridgehead atoms. The third-order valence-electron chi connectivity index (χ3n) is 5.04. The first-order valence-corrected chi connectivity index (χ1v) is 8.74. The molecular formula is C17H22N6O3. The van der Waals surface area contributed by atoms with Crippen molar-refractivity contribution in [2.75, 3.05) is 29.9 Å². The van der Waals surface area contributed by atoms with Crippen molar-refractivity contribution in [3.8, 4) is 0 Å². The fourth-order valence-electron chi connectivity index (χ4n) is 3.49. The van der Waals surface area contributed by atoms with Gasteiger partial charge in [-0.15, -0.1) is 0 Å². The van der Waals surface area contributed by atoms with Crippen LogP contribution in [0.2, 0.25) is 0 Å². The van der Waals surface area contributed by atoms with Gasteiger partial charge >= 0.3 is 5.69 Å². The Hall–Kier alpha value is -2.68. The number of nitrogens with zero attached hydrogens (tertiary/aromatic N) is 5. The van der Waals surface area contributed by atoms with Crippen LogP contribution in [0.1, 0.15) is 17.7 Å². The van der Waals surface area contributed by atoms with E-state index in [1.54, 1.807) is 7.05 Å². The molecule has 9 heteroatoms. The smallest absolute Gasteiger partial charge is 0.332 e. The Kier molecular flexibility index (Phi) is 4.23. The number of hydrogen-bond acceptors (Lipinski definition) is 7. The molecule has 0 amide bonds. The second kappa shape index (κ2) is 6.56. The summed E-state index contributed by atoms with van der Waals surface area (Å²) in [5.41, 5.74) is 1.48. The number of aromatic nitrogens is 4. The molecule has 0 spiro atoms. The van der Waals surface area contributed by atoms with Crippen molar-refractivity contribution in [3.05, 3.63) is 44.4 Å². The van der Waals surface area contributed by atoms with E-state index >= 15 is 0 Å². The Morgan fingerprint density at radius 3 is 2.96 bits per heavy atom. The molecule has 4 rings (SSSR count). The summed E-state index contributed by atoms with van der Waals surface area (Å²) in [6, 6.07) is 1.67. The highest BCUT2D eigenvalue weighted by molar-refractivity contribution is 5.42. The van der Waals surface area contributed by atoms with Crippen molar-refractivity contribution in [2.45, 2.75) is 25.5 Å². The second-order valence-corrected chi connectivity index (χ2v) is 6.79. The molecular weight excluding hydrogens is 336 g/mol. The first kappa shape index (κ1) is 16.8. The Bertz CT molecular complexity index is 950. The Morgan fingerprint density at radius 2 is 2.12 bits per heavy atom. The predicted octanol–water partition coefficient (Wildman–Crippen LogP) is -0.362. The third-order valence-corrected chi connectivity index (χ3v) is 5.04. The second-order valence-electron chi connectivity index (χ2n) is 6.79. The number of ether oxygens (including phenoxy) is 1. The van der Waals surface area contributed by atoms with E-state index in [0.29, 0.717) is 31.5 Å². The van der Waals surface area contributed by atoms with Gasteiger partial charge in [-0.2, -0.15) is 0 Å². The molecule has 1 N–H and O–H groups in total.